The van der Waals surface area contributed by atoms with E-state index in [1.807, 2.05) is 0 Å². The second-order valence-corrected chi connectivity index (χ2v) is 0.694. The molecule has 32 valence electrons. The number of halogens is 1. The smallest absolute Gasteiger partial charge is 0.350 e. The van der Waals surface area contributed by atoms with Crippen LogP contribution in [0.1, 0.15) is 0 Å². The van der Waals surface area contributed by atoms with Crippen molar-refractivity contribution in [2.24, 2.45) is 0 Å². The Morgan fingerprint density at radius 2 is 2.50 bits per heavy atom. The van der Waals surface area contributed by atoms with Gasteiger partial charge in [-0.2, -0.15) is 0 Å². The number of hydrogen-bond acceptors (Lipinski definition) is 2. The summed E-state index contributed by atoms with van der Waals surface area (Å²) in [5.41, 5.74) is 0. The summed E-state index contributed by atoms with van der Waals surface area (Å²) in [6.07, 6.45) is 2.35. The van der Waals surface area contributed by atoms with Crippen molar-refractivity contribution < 1.29 is 13.5 Å². The molecule has 0 aliphatic heterocycles. The molecule has 0 aliphatic rings. The van der Waals surface area contributed by atoms with Crippen LogP contribution in [0, 0.1) is 12.3 Å². The van der Waals surface area contributed by atoms with Gasteiger partial charge >= 0.3 is 8.69 Å². The Morgan fingerprint density at radius 3 is 2.67 bits per heavy atom. The molecule has 0 radical (unpaired) electrons. The molecule has 0 rings (SSSR count). The standard InChI is InChI=1S/C2FO2P/c3-1-2-5-6-4. The van der Waals surface area contributed by atoms with Crippen molar-refractivity contribution in [1.29, 1.82) is 0 Å². The summed E-state index contributed by atoms with van der Waals surface area (Å²) in [6.45, 7) is 0. The van der Waals surface area contributed by atoms with Crippen LogP contribution in [0.2, 0.25) is 0 Å². The maximum absolute atomic E-state index is 10.6. The van der Waals surface area contributed by atoms with Gasteiger partial charge in [-0.05, 0) is 0 Å². The maximum Gasteiger partial charge on any atom is 0.405 e. The van der Waals surface area contributed by atoms with E-state index >= 15 is 0 Å². The molecule has 0 aliphatic carbocycles. The highest BCUT2D eigenvalue weighted by Gasteiger charge is 1.62. The van der Waals surface area contributed by atoms with Crippen LogP contribution in [0.5, 0.6) is 0 Å². The van der Waals surface area contributed by atoms with E-state index in [-0.39, 0.29) is 0 Å². The Balaban J connectivity index is 3.00. The van der Waals surface area contributed by atoms with Gasteiger partial charge in [0, 0.05) is 0 Å². The first-order valence-electron chi connectivity index (χ1n) is 1.01. The second-order valence-electron chi connectivity index (χ2n) is 0.362. The van der Waals surface area contributed by atoms with Gasteiger partial charge in [-0.3, -0.25) is 0 Å². The summed E-state index contributed by atoms with van der Waals surface area (Å²) in [6, 6.07) is 0. The van der Waals surface area contributed by atoms with Crippen LogP contribution in [0.4, 0.5) is 4.39 Å². The SMILES string of the molecule is O=POC#CF. The predicted molar refractivity (Wildman–Crippen MR) is 17.6 cm³/mol. The molecule has 0 bridgehead atoms. The molecule has 0 aromatic heterocycles. The van der Waals surface area contributed by atoms with Gasteiger partial charge < -0.3 is 4.52 Å². The van der Waals surface area contributed by atoms with Crippen molar-refractivity contribution in [3.05, 3.63) is 0 Å². The summed E-state index contributed by atoms with van der Waals surface area (Å²) in [5, 5.41) is 0. The summed E-state index contributed by atoms with van der Waals surface area (Å²) < 4.78 is 23.4. The molecule has 0 aromatic carbocycles. The lowest BCUT2D eigenvalue weighted by molar-refractivity contribution is 0.503. The van der Waals surface area contributed by atoms with Crippen molar-refractivity contribution in [3.8, 4) is 12.3 Å². The molecule has 0 fully saturated rings. The van der Waals surface area contributed by atoms with Crippen LogP contribution in [0.25, 0.3) is 0 Å². The van der Waals surface area contributed by atoms with Gasteiger partial charge in [0.1, 0.15) is 6.17 Å². The highest BCUT2D eigenvalue weighted by Crippen LogP contribution is 1.88. The van der Waals surface area contributed by atoms with E-state index in [2.05, 4.69) is 4.52 Å². The van der Waals surface area contributed by atoms with Crippen LogP contribution in [0.15, 0.2) is 0 Å². The van der Waals surface area contributed by atoms with Gasteiger partial charge in [-0.1, -0.05) is 0 Å². The lowest BCUT2D eigenvalue weighted by Gasteiger charge is -1.62. The molecule has 0 N–H and O–H groups in total. The van der Waals surface area contributed by atoms with Crippen molar-refractivity contribution >= 4 is 8.69 Å². The Labute approximate surface area is 35.6 Å². The van der Waals surface area contributed by atoms with Gasteiger partial charge in [-0.25, -0.2) is 4.57 Å². The summed E-state index contributed by atoms with van der Waals surface area (Å²) >= 11 is 0. The normalized spacial score (nSPS) is 6.17. The zero-order chi connectivity index (χ0) is 4.83. The van der Waals surface area contributed by atoms with Crippen LogP contribution >= 0.6 is 8.69 Å². The third-order valence-electron chi connectivity index (χ3n) is 0.121. The summed E-state index contributed by atoms with van der Waals surface area (Å²) in [4.78, 5) is 0. The molecule has 0 amide bonds. The lowest BCUT2D eigenvalue weighted by Crippen LogP contribution is -1.47. The fourth-order valence-electron chi connectivity index (χ4n) is 0.0359. The van der Waals surface area contributed by atoms with Crippen LogP contribution in [-0.2, 0) is 9.09 Å². The summed E-state index contributed by atoms with van der Waals surface area (Å²) in [5.74, 6) is 0. The Morgan fingerprint density at radius 1 is 1.83 bits per heavy atom. The van der Waals surface area contributed by atoms with Crippen molar-refractivity contribution in [1.82, 2.24) is 0 Å². The van der Waals surface area contributed by atoms with E-state index < -0.39 is 8.69 Å². The molecule has 6 heavy (non-hydrogen) atoms. The molecule has 0 unspecified atom stereocenters. The minimum atomic E-state index is -0.618. The van der Waals surface area contributed by atoms with E-state index in [4.69, 9.17) is 4.57 Å². The molecule has 0 spiro atoms. The minimum absolute atomic E-state index is 0.618. The predicted octanol–water partition coefficient (Wildman–Crippen LogP) is 1.10. The van der Waals surface area contributed by atoms with E-state index in [1.54, 1.807) is 0 Å². The zero-order valence-corrected chi connectivity index (χ0v) is 3.54. The Kier molecular flexibility index (Phi) is 3.94. The molecule has 2 nitrogen and oxygen atoms in total. The fourth-order valence-corrected chi connectivity index (χ4v) is 0.108. The number of hydrogen-bond donors (Lipinski definition) is 0. The van der Waals surface area contributed by atoms with Crippen molar-refractivity contribution in [2.45, 2.75) is 0 Å². The first-order chi connectivity index (χ1) is 2.91. The van der Waals surface area contributed by atoms with Gasteiger partial charge in [0.25, 0.3) is 0 Å². The molecule has 0 aromatic rings. The van der Waals surface area contributed by atoms with Gasteiger partial charge in [0.2, 0.25) is 0 Å². The quantitative estimate of drug-likeness (QED) is 0.369. The van der Waals surface area contributed by atoms with E-state index in [9.17, 15) is 4.39 Å². The first-order valence-corrected chi connectivity index (χ1v) is 1.74. The van der Waals surface area contributed by atoms with Crippen molar-refractivity contribution in [2.75, 3.05) is 0 Å². The first kappa shape index (κ1) is 5.39. The monoisotopic (exact) mass is 106 g/mol. The van der Waals surface area contributed by atoms with Crippen molar-refractivity contribution in [3.63, 3.8) is 0 Å². The van der Waals surface area contributed by atoms with Gasteiger partial charge in [0.15, 0.2) is 6.11 Å². The fraction of sp³-hybridized carbons (Fsp3) is 0. The third kappa shape index (κ3) is 3.39. The molecule has 0 atom stereocenters. The second kappa shape index (κ2) is 4.39. The number of rotatable bonds is 1. The Hall–Kier alpha value is -0.610. The van der Waals surface area contributed by atoms with E-state index in [1.165, 1.54) is 6.11 Å². The third-order valence-corrected chi connectivity index (χ3v) is 0.287. The molecular weight excluding hydrogens is 106 g/mol. The molecule has 0 saturated heterocycles. The summed E-state index contributed by atoms with van der Waals surface area (Å²) in [7, 11) is -0.618. The largest absolute Gasteiger partial charge is 0.405 e. The minimum Gasteiger partial charge on any atom is -0.350 e. The molecule has 4 heteroatoms. The molecular formula is C2FO2P. The maximum atomic E-state index is 10.6. The molecule has 0 heterocycles. The van der Waals surface area contributed by atoms with Crippen LogP contribution in [0.3, 0.4) is 0 Å². The van der Waals surface area contributed by atoms with Crippen LogP contribution < -0.4 is 0 Å². The van der Waals surface area contributed by atoms with Crippen LogP contribution in [-0.4, -0.2) is 0 Å². The van der Waals surface area contributed by atoms with Gasteiger partial charge in [0.05, 0.1) is 0 Å². The topological polar surface area (TPSA) is 26.3 Å². The Bertz CT molecular complexity index is 91.5. The zero-order valence-electron chi connectivity index (χ0n) is 2.64. The highest BCUT2D eigenvalue weighted by molar-refractivity contribution is 7.17. The average Bonchev–Trinajstić information content (AvgIpc) is 1.61. The van der Waals surface area contributed by atoms with E-state index in [0.29, 0.717) is 0 Å². The lowest BCUT2D eigenvalue weighted by atomic mass is 11.3. The highest BCUT2D eigenvalue weighted by atomic mass is 31.1. The van der Waals surface area contributed by atoms with E-state index in [0.717, 1.165) is 6.17 Å². The van der Waals surface area contributed by atoms with Gasteiger partial charge in [-0.15, -0.1) is 4.39 Å². The molecule has 0 saturated carbocycles. The average molecular weight is 106 g/mol.